The van der Waals surface area contributed by atoms with E-state index < -0.39 is 0 Å². The van der Waals surface area contributed by atoms with Crippen molar-refractivity contribution in [1.82, 2.24) is 28.9 Å². The molecule has 10 nitrogen and oxygen atoms in total. The summed E-state index contributed by atoms with van der Waals surface area (Å²) >= 11 is 0. The van der Waals surface area contributed by atoms with E-state index in [-0.39, 0.29) is 17.8 Å². The van der Waals surface area contributed by atoms with E-state index >= 15 is 0 Å². The molecule has 0 amide bonds. The molecule has 3 rings (SSSR count). The van der Waals surface area contributed by atoms with Gasteiger partial charge in [0.15, 0.2) is 16.8 Å². The van der Waals surface area contributed by atoms with Gasteiger partial charge in [0, 0.05) is 6.61 Å². The molecule has 0 spiro atoms. The standard InChI is InChI=1S/C12H15N9O/c1-3-22-7(2)20-5-17-8-9-15-4-16-12(19-11(13)14)21(9)6-18-10(8)20/h4-7H,3H2,1-2H3,(H3,13,14)/b19-12+. The molecule has 22 heavy (non-hydrogen) atoms. The molecular weight excluding hydrogens is 286 g/mol. The number of nitrogens with zero attached hydrogens (tertiary/aromatic N) is 7. The highest BCUT2D eigenvalue weighted by Gasteiger charge is 2.14. The predicted octanol–water partition coefficient (Wildman–Crippen LogP) is -0.177. The van der Waals surface area contributed by atoms with Crippen LogP contribution in [0.15, 0.2) is 24.0 Å². The van der Waals surface area contributed by atoms with E-state index in [2.05, 4.69) is 24.9 Å². The van der Waals surface area contributed by atoms with Crippen molar-refractivity contribution in [2.75, 3.05) is 6.61 Å². The summed E-state index contributed by atoms with van der Waals surface area (Å²) in [7, 11) is 0. The minimum Gasteiger partial charge on any atom is -0.368 e. The lowest BCUT2D eigenvalue weighted by Gasteiger charge is -2.13. The maximum atomic E-state index is 7.26. The third kappa shape index (κ3) is 2.29. The average Bonchev–Trinajstić information content (AvgIpc) is 2.91. The van der Waals surface area contributed by atoms with Gasteiger partial charge >= 0.3 is 0 Å². The Morgan fingerprint density at radius 1 is 1.32 bits per heavy atom. The number of nitrogens with one attached hydrogen (secondary N) is 1. The van der Waals surface area contributed by atoms with Gasteiger partial charge in [-0.1, -0.05) is 0 Å². The lowest BCUT2D eigenvalue weighted by molar-refractivity contribution is 0.0272. The molecule has 114 valence electrons. The molecule has 0 fully saturated rings. The molecule has 3 heterocycles. The summed E-state index contributed by atoms with van der Waals surface area (Å²) in [6, 6.07) is 0. The first-order valence-electron chi connectivity index (χ1n) is 6.67. The van der Waals surface area contributed by atoms with Gasteiger partial charge < -0.3 is 10.5 Å². The van der Waals surface area contributed by atoms with Gasteiger partial charge in [0.1, 0.15) is 18.9 Å². The minimum atomic E-state index is -0.344. The summed E-state index contributed by atoms with van der Waals surface area (Å²) in [5, 5.41) is 7.26. The highest BCUT2D eigenvalue weighted by molar-refractivity contribution is 5.84. The Labute approximate surface area is 124 Å². The Kier molecular flexibility index (Phi) is 3.51. The number of fused-ring (bicyclic) bond motifs is 3. The zero-order valence-electron chi connectivity index (χ0n) is 12.1. The lowest BCUT2D eigenvalue weighted by Crippen LogP contribution is -2.24. The highest BCUT2D eigenvalue weighted by atomic mass is 16.5. The van der Waals surface area contributed by atoms with Crippen LogP contribution in [0, 0.1) is 5.41 Å². The van der Waals surface area contributed by atoms with Crippen molar-refractivity contribution in [3.8, 4) is 0 Å². The van der Waals surface area contributed by atoms with Crippen LogP contribution >= 0.6 is 0 Å². The highest BCUT2D eigenvalue weighted by Crippen LogP contribution is 2.18. The van der Waals surface area contributed by atoms with E-state index in [1.54, 1.807) is 6.33 Å². The van der Waals surface area contributed by atoms with Gasteiger partial charge in [-0.3, -0.25) is 14.4 Å². The summed E-state index contributed by atoms with van der Waals surface area (Å²) in [6.07, 6.45) is 4.34. The molecule has 1 atom stereocenters. The SMILES string of the molecule is CCOC(C)n1cnc2c1ncn1/c(=N/C(=N)N)ncnc21. The van der Waals surface area contributed by atoms with Gasteiger partial charge in [-0.2, -0.15) is 4.99 Å². The second kappa shape index (κ2) is 5.48. The Morgan fingerprint density at radius 2 is 2.14 bits per heavy atom. The third-order valence-electron chi connectivity index (χ3n) is 3.09. The van der Waals surface area contributed by atoms with Gasteiger partial charge in [0.25, 0.3) is 0 Å². The van der Waals surface area contributed by atoms with Crippen LogP contribution in [0.3, 0.4) is 0 Å². The third-order valence-corrected chi connectivity index (χ3v) is 3.09. The monoisotopic (exact) mass is 301 g/mol. The molecule has 0 aliphatic rings. The summed E-state index contributed by atoms with van der Waals surface area (Å²) in [6.45, 7) is 4.43. The Hall–Kier alpha value is -2.88. The second-order valence-corrected chi connectivity index (χ2v) is 4.49. The van der Waals surface area contributed by atoms with Gasteiger partial charge in [-0.25, -0.2) is 19.9 Å². The molecule has 0 radical (unpaired) electrons. The first-order chi connectivity index (χ1) is 10.6. The van der Waals surface area contributed by atoms with E-state index in [1.165, 1.54) is 17.1 Å². The van der Waals surface area contributed by atoms with E-state index in [1.807, 2.05) is 18.4 Å². The molecule has 3 N–H and O–H groups in total. The summed E-state index contributed by atoms with van der Waals surface area (Å²) in [5.74, 6) is -0.344. The van der Waals surface area contributed by atoms with Crippen LogP contribution in [-0.4, -0.2) is 41.5 Å². The van der Waals surface area contributed by atoms with Gasteiger partial charge in [0.2, 0.25) is 11.6 Å². The molecule has 1 unspecified atom stereocenters. The number of rotatable bonds is 3. The van der Waals surface area contributed by atoms with Crippen molar-refractivity contribution in [2.45, 2.75) is 20.1 Å². The van der Waals surface area contributed by atoms with Crippen molar-refractivity contribution < 1.29 is 4.74 Å². The fraction of sp³-hybridized carbons (Fsp3) is 0.333. The summed E-state index contributed by atoms with van der Waals surface area (Å²) < 4.78 is 8.92. The zero-order chi connectivity index (χ0) is 15.7. The number of imidazole rings is 1. The van der Waals surface area contributed by atoms with E-state index in [9.17, 15) is 0 Å². The fourth-order valence-corrected chi connectivity index (χ4v) is 2.17. The van der Waals surface area contributed by atoms with E-state index in [4.69, 9.17) is 15.9 Å². The number of ether oxygens (including phenoxy) is 1. The number of aromatic nitrogens is 6. The average molecular weight is 301 g/mol. The van der Waals surface area contributed by atoms with E-state index in [0.29, 0.717) is 23.4 Å². The zero-order valence-corrected chi connectivity index (χ0v) is 12.1. The molecule has 0 aromatic carbocycles. The number of guanidine groups is 1. The van der Waals surface area contributed by atoms with E-state index in [0.717, 1.165) is 0 Å². The molecule has 3 aromatic rings. The molecule has 0 aliphatic carbocycles. The summed E-state index contributed by atoms with van der Waals surface area (Å²) in [4.78, 5) is 20.8. The van der Waals surface area contributed by atoms with Crippen molar-refractivity contribution in [2.24, 2.45) is 10.7 Å². The quantitative estimate of drug-likeness (QED) is 0.509. The number of hydrogen-bond acceptors (Lipinski definition) is 6. The second-order valence-electron chi connectivity index (χ2n) is 4.49. The topological polar surface area (TPSA) is 132 Å². The van der Waals surface area contributed by atoms with Crippen molar-refractivity contribution in [3.05, 3.63) is 24.6 Å². The molecule has 3 aromatic heterocycles. The van der Waals surface area contributed by atoms with Crippen LogP contribution in [0.1, 0.15) is 20.1 Å². The Bertz CT molecular complexity index is 910. The molecular formula is C12H15N9O. The van der Waals surface area contributed by atoms with Crippen molar-refractivity contribution in [1.29, 1.82) is 5.41 Å². The molecule has 10 heteroatoms. The van der Waals surface area contributed by atoms with Crippen molar-refractivity contribution >= 4 is 22.8 Å². The Morgan fingerprint density at radius 3 is 2.86 bits per heavy atom. The Balaban J connectivity index is 2.28. The van der Waals surface area contributed by atoms with Crippen LogP contribution in [0.25, 0.3) is 16.8 Å². The smallest absolute Gasteiger partial charge is 0.241 e. The first kappa shape index (κ1) is 14.1. The normalized spacial score (nSPS) is 13.8. The van der Waals surface area contributed by atoms with Crippen LogP contribution in [-0.2, 0) is 4.74 Å². The fourth-order valence-electron chi connectivity index (χ4n) is 2.17. The number of hydrogen-bond donors (Lipinski definition) is 2. The van der Waals surface area contributed by atoms with Gasteiger partial charge in [-0.15, -0.1) is 0 Å². The largest absolute Gasteiger partial charge is 0.368 e. The van der Waals surface area contributed by atoms with Gasteiger partial charge in [-0.05, 0) is 13.8 Å². The minimum absolute atomic E-state index is 0.187. The number of nitrogens with two attached hydrogens (primary N) is 1. The van der Waals surface area contributed by atoms with Crippen LogP contribution < -0.4 is 11.4 Å². The first-order valence-corrected chi connectivity index (χ1v) is 6.67. The van der Waals surface area contributed by atoms with Crippen LogP contribution in [0.2, 0.25) is 0 Å². The molecule has 0 saturated heterocycles. The maximum absolute atomic E-state index is 7.26. The van der Waals surface area contributed by atoms with Crippen LogP contribution in [0.4, 0.5) is 0 Å². The molecule has 0 bridgehead atoms. The molecule has 0 saturated carbocycles. The predicted molar refractivity (Wildman–Crippen MR) is 77.9 cm³/mol. The molecule has 0 aliphatic heterocycles. The van der Waals surface area contributed by atoms with Crippen molar-refractivity contribution in [3.63, 3.8) is 0 Å². The van der Waals surface area contributed by atoms with Gasteiger partial charge in [0.05, 0.1) is 6.33 Å². The maximum Gasteiger partial charge on any atom is 0.241 e. The van der Waals surface area contributed by atoms with Crippen LogP contribution in [0.5, 0.6) is 0 Å². The summed E-state index contributed by atoms with van der Waals surface area (Å²) in [5.41, 5.74) is 7.28. The lowest BCUT2D eigenvalue weighted by atomic mass is 10.5.